The quantitative estimate of drug-likeness (QED) is 0.0704. The molecule has 23 nitrogen and oxygen atoms in total. The highest BCUT2D eigenvalue weighted by molar-refractivity contribution is 7.88. The molecule has 6 aromatic rings. The van der Waals surface area contributed by atoms with Crippen molar-refractivity contribution in [3.63, 3.8) is 0 Å². The van der Waals surface area contributed by atoms with Crippen molar-refractivity contribution in [2.45, 2.75) is 115 Å². The lowest BCUT2D eigenvalue weighted by Gasteiger charge is -2.24. The van der Waals surface area contributed by atoms with E-state index < -0.39 is 33.2 Å². The minimum absolute atomic E-state index is 0.0678. The lowest BCUT2D eigenvalue weighted by Crippen LogP contribution is -2.34. The summed E-state index contributed by atoms with van der Waals surface area (Å²) in [5.74, 6) is 6.49. The number of aliphatic hydroxyl groups is 2. The van der Waals surface area contributed by atoms with Crippen LogP contribution in [0.4, 0.5) is 13.2 Å². The van der Waals surface area contributed by atoms with E-state index in [4.69, 9.17) is 42.6 Å². The van der Waals surface area contributed by atoms with Gasteiger partial charge in [0, 0.05) is 60.1 Å². The van der Waals surface area contributed by atoms with Crippen LogP contribution in [0, 0.1) is 23.7 Å². The van der Waals surface area contributed by atoms with Gasteiger partial charge in [-0.05, 0) is 96.5 Å². The SMILES string of the molecule is CC(C)C(O)C#Cc1ccc2c(c1)CCn1c-2cc(OC[C@@H]2COCCO2)nc1=O.CC(C)C(O)CCc1ccc2c(c1)CCn1c-2cc(OC[C@@H]2COCCO2)nc1=O.O=c1nc(OC[C@@H]2COCCO2)cc2n1CCc1cc(OS(=O)(=O)C(F)(F)F)ccc1-2. The summed E-state index contributed by atoms with van der Waals surface area (Å²) >= 11 is 0. The maximum Gasteiger partial charge on any atom is 0.534 e. The summed E-state index contributed by atoms with van der Waals surface area (Å²) in [4.78, 5) is 49.5. The molecule has 0 bridgehead atoms. The van der Waals surface area contributed by atoms with E-state index >= 15 is 0 Å². The van der Waals surface area contributed by atoms with Gasteiger partial charge < -0.3 is 57.0 Å². The molecule has 0 saturated carbocycles. The molecule has 6 aliphatic heterocycles. The van der Waals surface area contributed by atoms with Gasteiger partial charge in [0.1, 0.15) is 50.0 Å². The number of nitrogens with zero attached hydrogens (tertiary/aromatic N) is 6. The number of ether oxygens (including phenoxy) is 9. The van der Waals surface area contributed by atoms with Crippen molar-refractivity contribution in [3.05, 3.63) is 132 Å². The predicted molar refractivity (Wildman–Crippen MR) is 324 cm³/mol. The Morgan fingerprint density at radius 1 is 0.582 bits per heavy atom. The Morgan fingerprint density at radius 2 is 1.01 bits per heavy atom. The van der Waals surface area contributed by atoms with E-state index in [1.165, 1.54) is 33.9 Å². The Labute approximate surface area is 523 Å². The highest BCUT2D eigenvalue weighted by Gasteiger charge is 2.48. The van der Waals surface area contributed by atoms with Crippen LogP contribution in [0.5, 0.6) is 23.4 Å². The van der Waals surface area contributed by atoms with E-state index in [2.05, 4.69) is 49.2 Å². The van der Waals surface area contributed by atoms with Crippen LogP contribution in [0.2, 0.25) is 0 Å². The zero-order chi connectivity index (χ0) is 64.4. The minimum Gasteiger partial charge on any atom is -0.475 e. The summed E-state index contributed by atoms with van der Waals surface area (Å²) in [5, 5.41) is 20.0. The van der Waals surface area contributed by atoms with E-state index in [-0.39, 0.29) is 85.6 Å². The molecule has 3 aromatic carbocycles. The van der Waals surface area contributed by atoms with Gasteiger partial charge in [0.15, 0.2) is 0 Å². The summed E-state index contributed by atoms with van der Waals surface area (Å²) in [5.41, 5.74) is 2.83. The molecule has 2 unspecified atom stereocenters. The molecule has 6 aliphatic rings. The normalized spacial score (nSPS) is 18.9. The molecule has 91 heavy (non-hydrogen) atoms. The Kier molecular flexibility index (Phi) is 21.8. The second-order valence-corrected chi connectivity index (χ2v) is 24.6. The first-order valence-corrected chi connectivity index (χ1v) is 31.7. The van der Waals surface area contributed by atoms with Gasteiger partial charge in [-0.2, -0.15) is 36.5 Å². The first-order valence-electron chi connectivity index (χ1n) is 30.3. The maximum absolute atomic E-state index is 12.6. The van der Waals surface area contributed by atoms with E-state index in [1.807, 2.05) is 52.0 Å². The fourth-order valence-electron chi connectivity index (χ4n) is 10.7. The van der Waals surface area contributed by atoms with Gasteiger partial charge >= 0.3 is 32.7 Å². The first kappa shape index (κ1) is 66.4. The molecule has 488 valence electrons. The largest absolute Gasteiger partial charge is 0.534 e. The highest BCUT2D eigenvalue weighted by atomic mass is 32.2. The van der Waals surface area contributed by atoms with Crippen LogP contribution in [0.15, 0.2) is 87.2 Å². The summed E-state index contributed by atoms with van der Waals surface area (Å²) in [6.07, 6.45) is 1.85. The van der Waals surface area contributed by atoms with E-state index in [9.17, 15) is 46.2 Å². The van der Waals surface area contributed by atoms with Gasteiger partial charge in [-0.15, -0.1) is 0 Å². The molecule has 3 fully saturated rings. The van der Waals surface area contributed by atoms with E-state index in [1.54, 1.807) is 15.2 Å². The Hall–Kier alpha value is -7.52. The number of hydrogen-bond acceptors (Lipinski definition) is 20. The standard InChI is InChI=1S/C23H30N2O5.C23H26N2O5.C18H17F3N2O7S/c2*1-15(2)21(26)6-4-16-3-5-19-17(11-16)7-8-25-20(19)12-22(24-23(25)27)30-14-18-13-28-9-10-29-18;19-18(20,21)31(25,26)30-12-1-2-14-11(7-12)3-4-23-15(14)8-16(22-17(23)24)29-10-13-9-27-5-6-28-13/h3,5,11-12,15,18,21,26H,4,6-10,13-14H2,1-2H3;3,5,11-12,15,18,21,26H,7-10,13-14H2,1-2H3;1-2,7-8,13H,3-6,9-10H2/t2*18-,21?;13-/m000/s1. The van der Waals surface area contributed by atoms with Crippen LogP contribution < -0.4 is 35.5 Å². The van der Waals surface area contributed by atoms with Crippen molar-refractivity contribution in [3.8, 4) is 69.0 Å². The van der Waals surface area contributed by atoms with Crippen molar-refractivity contribution >= 4 is 10.1 Å². The number of rotatable bonds is 16. The summed E-state index contributed by atoms with van der Waals surface area (Å²) in [6, 6.07) is 21.1. The number of aryl methyl sites for hydroxylation is 4. The fourth-order valence-corrected chi connectivity index (χ4v) is 11.2. The summed E-state index contributed by atoms with van der Waals surface area (Å²) < 4.78 is 119. The van der Waals surface area contributed by atoms with E-state index in [0.29, 0.717) is 102 Å². The number of fused-ring (bicyclic) bond motifs is 9. The van der Waals surface area contributed by atoms with Crippen molar-refractivity contribution in [2.75, 3.05) is 79.3 Å². The van der Waals surface area contributed by atoms with Gasteiger partial charge in [-0.1, -0.05) is 63.8 Å². The molecule has 0 amide bonds. The van der Waals surface area contributed by atoms with Crippen molar-refractivity contribution < 1.29 is 78.6 Å². The first-order chi connectivity index (χ1) is 43.7. The van der Waals surface area contributed by atoms with Gasteiger partial charge in [0.2, 0.25) is 17.6 Å². The topological polar surface area (TPSA) is 272 Å². The number of halogens is 3. The molecule has 3 aromatic heterocycles. The van der Waals surface area contributed by atoms with Gasteiger partial charge in [-0.3, -0.25) is 13.7 Å². The zero-order valence-electron chi connectivity index (χ0n) is 50.9. The second-order valence-electron chi connectivity index (χ2n) is 23.1. The Bertz CT molecular complexity index is 3900. The second kappa shape index (κ2) is 29.8. The van der Waals surface area contributed by atoms with Crippen molar-refractivity contribution in [1.29, 1.82) is 0 Å². The van der Waals surface area contributed by atoms with E-state index in [0.717, 1.165) is 65.4 Å². The monoisotopic (exact) mass is 1290 g/mol. The molecule has 9 heterocycles. The molecule has 27 heteroatoms. The third kappa shape index (κ3) is 17.0. The summed E-state index contributed by atoms with van der Waals surface area (Å²) in [7, 11) is -5.78. The molecular formula is C64H73F3N6O17S. The molecule has 12 rings (SSSR count). The average molecular weight is 1290 g/mol. The average Bonchev–Trinajstić information content (AvgIpc) is 0.840. The number of aromatic nitrogens is 6. The third-order valence-electron chi connectivity index (χ3n) is 15.8. The lowest BCUT2D eigenvalue weighted by atomic mass is 9.93. The number of aliphatic hydroxyl groups excluding tert-OH is 2. The molecule has 0 spiro atoms. The van der Waals surface area contributed by atoms with Gasteiger partial charge in [0.05, 0.1) is 82.6 Å². The van der Waals surface area contributed by atoms with Crippen LogP contribution in [-0.2, 0) is 83.9 Å². The molecule has 2 N–H and O–H groups in total. The lowest BCUT2D eigenvalue weighted by molar-refractivity contribution is -0.102. The Morgan fingerprint density at radius 3 is 1.43 bits per heavy atom. The van der Waals surface area contributed by atoms with Crippen LogP contribution in [0.25, 0.3) is 33.8 Å². The minimum atomic E-state index is -5.78. The van der Waals surface area contributed by atoms with Crippen LogP contribution >= 0.6 is 0 Å². The number of hydrogen-bond donors (Lipinski definition) is 2. The molecule has 0 radical (unpaired) electrons. The third-order valence-corrected chi connectivity index (χ3v) is 16.8. The zero-order valence-corrected chi connectivity index (χ0v) is 51.7. The summed E-state index contributed by atoms with van der Waals surface area (Å²) in [6.45, 7) is 14.6. The predicted octanol–water partition coefficient (Wildman–Crippen LogP) is 5.33. The van der Waals surface area contributed by atoms with Crippen LogP contribution in [0.1, 0.15) is 61.9 Å². The van der Waals surface area contributed by atoms with Crippen LogP contribution in [0.3, 0.4) is 0 Å². The molecule has 0 aliphatic carbocycles. The smallest absolute Gasteiger partial charge is 0.475 e. The van der Waals surface area contributed by atoms with Crippen LogP contribution in [-0.4, -0.2) is 163 Å². The number of alkyl halides is 3. The Balaban J connectivity index is 0.000000150. The molecule has 5 atom stereocenters. The van der Waals surface area contributed by atoms with Crippen molar-refractivity contribution in [1.82, 2.24) is 28.7 Å². The molecular weight excluding hydrogens is 1210 g/mol. The molecule has 3 saturated heterocycles. The number of benzene rings is 3. The van der Waals surface area contributed by atoms with Gasteiger partial charge in [0.25, 0.3) is 0 Å². The van der Waals surface area contributed by atoms with Gasteiger partial charge in [-0.25, -0.2) is 14.4 Å². The highest BCUT2D eigenvalue weighted by Crippen LogP contribution is 2.36. The maximum atomic E-state index is 12.6. The fraction of sp³-hybridized carbons (Fsp3) is 0.500. The van der Waals surface area contributed by atoms with Crippen molar-refractivity contribution in [2.24, 2.45) is 11.8 Å².